The maximum atomic E-state index is 8.72. The molecule has 0 aromatic carbocycles. The molecule has 0 aromatic heterocycles. The first-order valence-electron chi connectivity index (χ1n) is 5.72. The number of likely N-dealkylation sites (tertiary alicyclic amines) is 1. The highest BCUT2D eigenvalue weighted by molar-refractivity contribution is 4.95. The van der Waals surface area contributed by atoms with Crippen LogP contribution in [0.4, 0.5) is 0 Å². The van der Waals surface area contributed by atoms with Crippen LogP contribution in [0.25, 0.3) is 0 Å². The Morgan fingerprint density at radius 2 is 2.13 bits per heavy atom. The van der Waals surface area contributed by atoms with E-state index in [1.807, 2.05) is 0 Å². The molecule has 0 amide bonds. The van der Waals surface area contributed by atoms with Gasteiger partial charge in [-0.25, -0.2) is 0 Å². The Morgan fingerprint density at radius 1 is 1.47 bits per heavy atom. The van der Waals surface area contributed by atoms with Crippen molar-refractivity contribution in [2.75, 3.05) is 33.7 Å². The van der Waals surface area contributed by atoms with Crippen molar-refractivity contribution in [2.24, 2.45) is 5.92 Å². The molecule has 1 aliphatic heterocycles. The summed E-state index contributed by atoms with van der Waals surface area (Å²) < 4.78 is 0. The van der Waals surface area contributed by atoms with Crippen LogP contribution in [0.15, 0.2) is 0 Å². The molecule has 0 bridgehead atoms. The van der Waals surface area contributed by atoms with Crippen LogP contribution < -0.4 is 0 Å². The molecule has 0 saturated carbocycles. The number of hydrogen-bond donors (Lipinski definition) is 0. The Labute approximate surface area is 93.7 Å². The highest BCUT2D eigenvalue weighted by Gasteiger charge is 2.37. The van der Waals surface area contributed by atoms with Crippen molar-refractivity contribution >= 4 is 0 Å². The molecule has 1 atom stereocenters. The second-order valence-electron chi connectivity index (χ2n) is 5.49. The van der Waals surface area contributed by atoms with Crippen molar-refractivity contribution in [1.29, 1.82) is 5.26 Å². The van der Waals surface area contributed by atoms with Crippen molar-refractivity contribution in [3.8, 4) is 6.07 Å². The fourth-order valence-corrected chi connectivity index (χ4v) is 2.44. The molecule has 1 unspecified atom stereocenters. The Morgan fingerprint density at radius 3 is 2.67 bits per heavy atom. The zero-order valence-corrected chi connectivity index (χ0v) is 10.5. The molecule has 3 heteroatoms. The van der Waals surface area contributed by atoms with E-state index in [1.165, 1.54) is 0 Å². The lowest BCUT2D eigenvalue weighted by Crippen LogP contribution is -2.41. The average Bonchev–Trinajstić information content (AvgIpc) is 2.37. The molecule has 0 radical (unpaired) electrons. The van der Waals surface area contributed by atoms with E-state index in [0.717, 1.165) is 26.1 Å². The quantitative estimate of drug-likeness (QED) is 0.704. The summed E-state index contributed by atoms with van der Waals surface area (Å²) in [5, 5.41) is 8.72. The predicted octanol–water partition coefficient (Wildman–Crippen LogP) is 1.56. The van der Waals surface area contributed by atoms with Crippen LogP contribution in [0.5, 0.6) is 0 Å². The molecule has 1 heterocycles. The first kappa shape index (κ1) is 12.5. The van der Waals surface area contributed by atoms with E-state index in [-0.39, 0.29) is 5.54 Å². The number of nitrogens with zero attached hydrogens (tertiary/aromatic N) is 3. The van der Waals surface area contributed by atoms with Gasteiger partial charge in [-0.05, 0) is 40.3 Å². The normalized spacial score (nSPS) is 25.7. The molecular weight excluding hydrogens is 186 g/mol. The van der Waals surface area contributed by atoms with Gasteiger partial charge in [0.1, 0.15) is 0 Å². The lowest BCUT2D eigenvalue weighted by atomic mass is 9.95. The Bertz CT molecular complexity index is 240. The third kappa shape index (κ3) is 3.48. The summed E-state index contributed by atoms with van der Waals surface area (Å²) in [6.07, 6.45) is 1.87. The molecular formula is C12H23N3. The van der Waals surface area contributed by atoms with Crippen molar-refractivity contribution < 1.29 is 0 Å². The Kier molecular flexibility index (Phi) is 4.12. The fourth-order valence-electron chi connectivity index (χ4n) is 2.44. The van der Waals surface area contributed by atoms with Gasteiger partial charge in [-0.15, -0.1) is 0 Å². The first-order valence-corrected chi connectivity index (χ1v) is 5.72. The standard InChI is InChI=1S/C12H23N3/c1-12(2)9-11(5-6-13)10-15(12)8-7-14(3)4/h11H,5,7-10H2,1-4H3. The number of nitriles is 1. The van der Waals surface area contributed by atoms with Crippen molar-refractivity contribution in [3.05, 3.63) is 0 Å². The summed E-state index contributed by atoms with van der Waals surface area (Å²) >= 11 is 0. The minimum Gasteiger partial charge on any atom is -0.308 e. The van der Waals surface area contributed by atoms with E-state index in [0.29, 0.717) is 12.3 Å². The van der Waals surface area contributed by atoms with Gasteiger partial charge in [-0.3, -0.25) is 4.90 Å². The van der Waals surface area contributed by atoms with Crippen LogP contribution in [0.2, 0.25) is 0 Å². The van der Waals surface area contributed by atoms with E-state index in [1.54, 1.807) is 0 Å². The fraction of sp³-hybridized carbons (Fsp3) is 0.917. The largest absolute Gasteiger partial charge is 0.308 e. The lowest BCUT2D eigenvalue weighted by molar-refractivity contribution is 0.159. The van der Waals surface area contributed by atoms with Gasteiger partial charge in [0.25, 0.3) is 0 Å². The third-order valence-corrected chi connectivity index (χ3v) is 3.32. The Hall–Kier alpha value is -0.590. The zero-order chi connectivity index (χ0) is 11.5. The van der Waals surface area contributed by atoms with E-state index in [2.05, 4.69) is 43.8 Å². The molecule has 3 nitrogen and oxygen atoms in total. The Balaban J connectivity index is 2.47. The summed E-state index contributed by atoms with van der Waals surface area (Å²) in [6.45, 7) is 7.89. The third-order valence-electron chi connectivity index (χ3n) is 3.32. The predicted molar refractivity (Wildman–Crippen MR) is 62.5 cm³/mol. The molecule has 0 aliphatic carbocycles. The smallest absolute Gasteiger partial charge is 0.0625 e. The monoisotopic (exact) mass is 209 g/mol. The maximum Gasteiger partial charge on any atom is 0.0625 e. The average molecular weight is 209 g/mol. The minimum absolute atomic E-state index is 0.275. The second-order valence-corrected chi connectivity index (χ2v) is 5.49. The SMILES string of the molecule is CN(C)CCN1CC(CC#N)CC1(C)C. The van der Waals surface area contributed by atoms with Gasteiger partial charge in [0.15, 0.2) is 0 Å². The van der Waals surface area contributed by atoms with Gasteiger partial charge in [-0.2, -0.15) is 5.26 Å². The van der Waals surface area contributed by atoms with Crippen LogP contribution in [-0.2, 0) is 0 Å². The first-order chi connectivity index (χ1) is 6.95. The second kappa shape index (κ2) is 4.96. The minimum atomic E-state index is 0.275. The van der Waals surface area contributed by atoms with Crippen LogP contribution in [0, 0.1) is 17.2 Å². The van der Waals surface area contributed by atoms with Gasteiger partial charge in [0.2, 0.25) is 0 Å². The number of rotatable bonds is 4. The summed E-state index contributed by atoms with van der Waals surface area (Å²) in [7, 11) is 4.21. The molecule has 1 rings (SSSR count). The summed E-state index contributed by atoms with van der Waals surface area (Å²) in [6, 6.07) is 2.30. The summed E-state index contributed by atoms with van der Waals surface area (Å²) in [5.74, 6) is 0.576. The van der Waals surface area contributed by atoms with E-state index in [4.69, 9.17) is 5.26 Å². The highest BCUT2D eigenvalue weighted by atomic mass is 15.2. The van der Waals surface area contributed by atoms with Crippen molar-refractivity contribution in [2.45, 2.75) is 32.2 Å². The van der Waals surface area contributed by atoms with Gasteiger partial charge in [-0.1, -0.05) is 0 Å². The van der Waals surface area contributed by atoms with Crippen LogP contribution in [0.1, 0.15) is 26.7 Å². The molecule has 0 spiro atoms. The van der Waals surface area contributed by atoms with E-state index >= 15 is 0 Å². The molecule has 0 N–H and O–H groups in total. The highest BCUT2D eigenvalue weighted by Crippen LogP contribution is 2.33. The zero-order valence-electron chi connectivity index (χ0n) is 10.5. The molecule has 1 aliphatic rings. The van der Waals surface area contributed by atoms with Crippen molar-refractivity contribution in [3.63, 3.8) is 0 Å². The molecule has 1 fully saturated rings. The van der Waals surface area contributed by atoms with Crippen LogP contribution >= 0.6 is 0 Å². The molecule has 0 aromatic rings. The molecule has 15 heavy (non-hydrogen) atoms. The topological polar surface area (TPSA) is 30.3 Å². The summed E-state index contributed by atoms with van der Waals surface area (Å²) in [4.78, 5) is 4.74. The van der Waals surface area contributed by atoms with Gasteiger partial charge in [0, 0.05) is 31.6 Å². The molecule has 86 valence electrons. The number of likely N-dealkylation sites (N-methyl/N-ethyl adjacent to an activating group) is 1. The van der Waals surface area contributed by atoms with Gasteiger partial charge >= 0.3 is 0 Å². The maximum absolute atomic E-state index is 8.72. The van der Waals surface area contributed by atoms with E-state index < -0.39 is 0 Å². The lowest BCUT2D eigenvalue weighted by Gasteiger charge is -2.32. The number of hydrogen-bond acceptors (Lipinski definition) is 3. The molecule has 1 saturated heterocycles. The van der Waals surface area contributed by atoms with Crippen molar-refractivity contribution in [1.82, 2.24) is 9.80 Å². The van der Waals surface area contributed by atoms with Crippen LogP contribution in [-0.4, -0.2) is 49.1 Å². The van der Waals surface area contributed by atoms with Gasteiger partial charge in [0.05, 0.1) is 6.07 Å². The van der Waals surface area contributed by atoms with Crippen LogP contribution in [0.3, 0.4) is 0 Å². The van der Waals surface area contributed by atoms with Gasteiger partial charge < -0.3 is 4.90 Å². The summed E-state index contributed by atoms with van der Waals surface area (Å²) in [5.41, 5.74) is 0.275. The van der Waals surface area contributed by atoms with E-state index in [9.17, 15) is 0 Å².